The molecule has 2 rings (SSSR count). The Morgan fingerprint density at radius 2 is 2.53 bits per heavy atom. The quantitative estimate of drug-likeness (QED) is 0.764. The summed E-state index contributed by atoms with van der Waals surface area (Å²) in [4.78, 5) is 14.0. The maximum atomic E-state index is 12.1. The second-order valence-electron chi connectivity index (χ2n) is 3.82. The van der Waals surface area contributed by atoms with Crippen LogP contribution in [0, 0.1) is 0 Å². The van der Waals surface area contributed by atoms with Crippen molar-refractivity contribution in [3.63, 3.8) is 0 Å². The lowest BCUT2D eigenvalue weighted by molar-refractivity contribution is 0.0744. The molecule has 1 amide bonds. The first-order chi connectivity index (χ1) is 7.22. The summed E-state index contributed by atoms with van der Waals surface area (Å²) in [7, 11) is 1.82. The maximum Gasteiger partial charge on any atom is 0.274 e. The molecule has 0 radical (unpaired) electrons. The molecule has 1 unspecified atom stereocenters. The Morgan fingerprint density at radius 3 is 3.13 bits per heavy atom. The van der Waals surface area contributed by atoms with Crippen molar-refractivity contribution in [1.29, 1.82) is 0 Å². The summed E-state index contributed by atoms with van der Waals surface area (Å²) in [5, 5.41) is 4.99. The molecule has 15 heavy (non-hydrogen) atoms. The van der Waals surface area contributed by atoms with Crippen LogP contribution in [0.5, 0.6) is 0 Å². The molecule has 0 spiro atoms. The molecule has 1 aliphatic rings. The summed E-state index contributed by atoms with van der Waals surface area (Å²) in [6.07, 6.45) is 3.98. The van der Waals surface area contributed by atoms with Crippen LogP contribution < -0.4 is 0 Å². The van der Waals surface area contributed by atoms with Crippen molar-refractivity contribution in [3.05, 3.63) is 18.0 Å². The molecular weight excluding hydrogens is 258 g/mol. The highest BCUT2D eigenvalue weighted by Crippen LogP contribution is 2.20. The number of carbonyl (C=O) groups is 1. The highest BCUT2D eigenvalue weighted by molar-refractivity contribution is 9.09. The van der Waals surface area contributed by atoms with Gasteiger partial charge in [-0.15, -0.1) is 0 Å². The molecule has 1 atom stereocenters. The molecule has 0 aliphatic carbocycles. The van der Waals surface area contributed by atoms with Gasteiger partial charge in [0.05, 0.1) is 0 Å². The summed E-state index contributed by atoms with van der Waals surface area (Å²) in [5.41, 5.74) is 0.547. The van der Waals surface area contributed by atoms with Crippen molar-refractivity contribution < 1.29 is 4.79 Å². The van der Waals surface area contributed by atoms with E-state index >= 15 is 0 Å². The molecular formula is C10H14BrN3O. The van der Waals surface area contributed by atoms with E-state index < -0.39 is 0 Å². The minimum Gasteiger partial charge on any atom is -0.333 e. The van der Waals surface area contributed by atoms with E-state index in [1.54, 1.807) is 16.9 Å². The van der Waals surface area contributed by atoms with Crippen molar-refractivity contribution in [2.24, 2.45) is 7.05 Å². The third-order valence-electron chi connectivity index (χ3n) is 2.75. The fraction of sp³-hybridized carbons (Fsp3) is 0.600. The van der Waals surface area contributed by atoms with Crippen LogP contribution in [0.3, 0.4) is 0 Å². The highest BCUT2D eigenvalue weighted by atomic mass is 79.9. The SMILES string of the molecule is Cn1ccc(C(=O)N2CCCC2CBr)n1. The molecule has 1 aliphatic heterocycles. The largest absolute Gasteiger partial charge is 0.333 e. The fourth-order valence-electron chi connectivity index (χ4n) is 1.94. The molecule has 0 saturated carbocycles. The molecule has 4 nitrogen and oxygen atoms in total. The van der Waals surface area contributed by atoms with E-state index in [4.69, 9.17) is 0 Å². The third-order valence-corrected chi connectivity index (χ3v) is 3.50. The normalized spacial score (nSPS) is 20.9. The second kappa shape index (κ2) is 4.35. The second-order valence-corrected chi connectivity index (χ2v) is 4.47. The lowest BCUT2D eigenvalue weighted by Crippen LogP contribution is -2.36. The van der Waals surface area contributed by atoms with Crippen LogP contribution >= 0.6 is 15.9 Å². The number of carbonyl (C=O) groups excluding carboxylic acids is 1. The maximum absolute atomic E-state index is 12.1. The monoisotopic (exact) mass is 271 g/mol. The van der Waals surface area contributed by atoms with Gasteiger partial charge in [-0.3, -0.25) is 9.48 Å². The van der Waals surface area contributed by atoms with E-state index in [0.29, 0.717) is 11.7 Å². The first-order valence-electron chi connectivity index (χ1n) is 5.09. The number of rotatable bonds is 2. The van der Waals surface area contributed by atoms with E-state index in [2.05, 4.69) is 21.0 Å². The molecule has 5 heteroatoms. The van der Waals surface area contributed by atoms with Gasteiger partial charge in [-0.1, -0.05) is 15.9 Å². The van der Waals surface area contributed by atoms with Crippen LogP contribution in [0.1, 0.15) is 23.3 Å². The third kappa shape index (κ3) is 2.07. The van der Waals surface area contributed by atoms with Gasteiger partial charge in [0, 0.05) is 31.2 Å². The van der Waals surface area contributed by atoms with Gasteiger partial charge < -0.3 is 4.90 Å². The van der Waals surface area contributed by atoms with E-state index in [9.17, 15) is 4.79 Å². The number of hydrogen-bond donors (Lipinski definition) is 0. The molecule has 1 aromatic rings. The minimum atomic E-state index is 0.0533. The average molecular weight is 272 g/mol. The number of nitrogens with zero attached hydrogens (tertiary/aromatic N) is 3. The van der Waals surface area contributed by atoms with Crippen LogP contribution in [0.4, 0.5) is 0 Å². The van der Waals surface area contributed by atoms with Gasteiger partial charge in [0.25, 0.3) is 5.91 Å². The standard InChI is InChI=1S/C10H14BrN3O/c1-13-6-4-9(12-13)10(15)14-5-2-3-8(14)7-11/h4,6,8H,2-3,5,7H2,1H3. The average Bonchev–Trinajstić information content (AvgIpc) is 2.84. The molecule has 0 bridgehead atoms. The molecule has 1 saturated heterocycles. The minimum absolute atomic E-state index is 0.0533. The zero-order valence-corrected chi connectivity index (χ0v) is 10.3. The Labute approximate surface area is 97.4 Å². The van der Waals surface area contributed by atoms with Crippen molar-refractivity contribution in [1.82, 2.24) is 14.7 Å². The van der Waals surface area contributed by atoms with Gasteiger partial charge in [0.2, 0.25) is 0 Å². The number of halogens is 1. The molecule has 82 valence electrons. The van der Waals surface area contributed by atoms with Gasteiger partial charge in [-0.05, 0) is 18.9 Å². The van der Waals surface area contributed by atoms with Crippen molar-refractivity contribution in [2.75, 3.05) is 11.9 Å². The number of likely N-dealkylation sites (tertiary alicyclic amines) is 1. The topological polar surface area (TPSA) is 38.1 Å². The number of aryl methyl sites for hydroxylation is 1. The van der Waals surface area contributed by atoms with Gasteiger partial charge in [0.15, 0.2) is 0 Å². The summed E-state index contributed by atoms with van der Waals surface area (Å²) in [6, 6.07) is 2.10. The van der Waals surface area contributed by atoms with Gasteiger partial charge in [-0.2, -0.15) is 5.10 Å². The number of amides is 1. The molecule has 0 N–H and O–H groups in total. The Morgan fingerprint density at radius 1 is 1.73 bits per heavy atom. The van der Waals surface area contributed by atoms with Gasteiger partial charge in [-0.25, -0.2) is 0 Å². The molecule has 0 aromatic carbocycles. The van der Waals surface area contributed by atoms with Gasteiger partial charge in [0.1, 0.15) is 5.69 Å². The summed E-state index contributed by atoms with van der Waals surface area (Å²) in [5.74, 6) is 0.0533. The van der Waals surface area contributed by atoms with E-state index in [0.717, 1.165) is 24.7 Å². The zero-order chi connectivity index (χ0) is 10.8. The Hall–Kier alpha value is -0.840. The summed E-state index contributed by atoms with van der Waals surface area (Å²) < 4.78 is 1.66. The highest BCUT2D eigenvalue weighted by Gasteiger charge is 2.29. The first kappa shape index (κ1) is 10.7. The molecule has 2 heterocycles. The van der Waals surface area contributed by atoms with E-state index in [-0.39, 0.29) is 5.91 Å². The van der Waals surface area contributed by atoms with E-state index in [1.165, 1.54) is 0 Å². The smallest absolute Gasteiger partial charge is 0.274 e. The zero-order valence-electron chi connectivity index (χ0n) is 8.69. The van der Waals surface area contributed by atoms with Crippen molar-refractivity contribution in [2.45, 2.75) is 18.9 Å². The predicted molar refractivity (Wildman–Crippen MR) is 61.1 cm³/mol. The van der Waals surface area contributed by atoms with Crippen LogP contribution in [0.25, 0.3) is 0 Å². The molecule has 1 fully saturated rings. The van der Waals surface area contributed by atoms with Crippen molar-refractivity contribution in [3.8, 4) is 0 Å². The first-order valence-corrected chi connectivity index (χ1v) is 6.21. The predicted octanol–water partition coefficient (Wildman–Crippen LogP) is 1.42. The summed E-state index contributed by atoms with van der Waals surface area (Å²) >= 11 is 3.44. The van der Waals surface area contributed by atoms with Crippen LogP contribution in [0.15, 0.2) is 12.3 Å². The number of hydrogen-bond acceptors (Lipinski definition) is 2. The number of aromatic nitrogens is 2. The van der Waals surface area contributed by atoms with Crippen LogP contribution in [-0.4, -0.2) is 38.5 Å². The fourth-order valence-corrected chi connectivity index (χ4v) is 2.61. The van der Waals surface area contributed by atoms with E-state index in [1.807, 2.05) is 11.9 Å². The Kier molecular flexibility index (Phi) is 3.09. The van der Waals surface area contributed by atoms with Crippen LogP contribution in [-0.2, 0) is 7.05 Å². The Bertz CT molecular complexity index is 363. The summed E-state index contributed by atoms with van der Waals surface area (Å²) in [6.45, 7) is 0.853. The van der Waals surface area contributed by atoms with Crippen LogP contribution in [0.2, 0.25) is 0 Å². The lowest BCUT2D eigenvalue weighted by atomic mass is 10.2. The molecule has 1 aromatic heterocycles. The Balaban J connectivity index is 2.13. The lowest BCUT2D eigenvalue weighted by Gasteiger charge is -2.21. The van der Waals surface area contributed by atoms with Gasteiger partial charge >= 0.3 is 0 Å². The number of alkyl halides is 1. The van der Waals surface area contributed by atoms with Crippen molar-refractivity contribution >= 4 is 21.8 Å².